The van der Waals surface area contributed by atoms with Crippen LogP contribution in [0.2, 0.25) is 5.02 Å². The highest BCUT2D eigenvalue weighted by Crippen LogP contribution is 2.20. The summed E-state index contributed by atoms with van der Waals surface area (Å²) in [7, 11) is 0. The average molecular weight is 419 g/mol. The second-order valence-electron chi connectivity index (χ2n) is 7.68. The van der Waals surface area contributed by atoms with Gasteiger partial charge in [0.05, 0.1) is 6.54 Å². The molecule has 4 rings (SSSR count). The molecular formula is C20H27ClN6O2. The van der Waals surface area contributed by atoms with Crippen molar-refractivity contribution in [2.75, 3.05) is 26.2 Å². The summed E-state index contributed by atoms with van der Waals surface area (Å²) in [4.78, 5) is 21.4. The lowest BCUT2D eigenvalue weighted by Crippen LogP contribution is -2.53. The van der Waals surface area contributed by atoms with Gasteiger partial charge in [-0.15, -0.1) is 0 Å². The Hall–Kier alpha value is -2.00. The molecular weight excluding hydrogens is 392 g/mol. The maximum atomic E-state index is 12.8. The third kappa shape index (κ3) is 4.95. The normalized spacial score (nSPS) is 22.9. The maximum absolute atomic E-state index is 12.8. The van der Waals surface area contributed by atoms with Crippen molar-refractivity contribution >= 4 is 17.5 Å². The minimum absolute atomic E-state index is 0.115. The number of carbonyl (C=O) groups is 1. The first-order chi connectivity index (χ1) is 14.1. The zero-order valence-corrected chi connectivity index (χ0v) is 17.4. The van der Waals surface area contributed by atoms with Crippen molar-refractivity contribution in [3.63, 3.8) is 0 Å². The monoisotopic (exact) mass is 418 g/mol. The van der Waals surface area contributed by atoms with E-state index in [0.717, 1.165) is 37.9 Å². The number of aromatic nitrogens is 2. The first-order valence-electron chi connectivity index (χ1n) is 10.2. The Morgan fingerprint density at radius 1 is 1.21 bits per heavy atom. The number of hydrogen-bond donors (Lipinski definition) is 2. The van der Waals surface area contributed by atoms with E-state index in [1.54, 1.807) is 0 Å². The van der Waals surface area contributed by atoms with Gasteiger partial charge in [0.2, 0.25) is 17.6 Å². The Bertz CT molecular complexity index is 819. The zero-order valence-electron chi connectivity index (χ0n) is 16.6. The van der Waals surface area contributed by atoms with Gasteiger partial charge in [-0.2, -0.15) is 4.98 Å². The number of benzene rings is 1. The number of halogens is 1. The van der Waals surface area contributed by atoms with E-state index in [1.807, 2.05) is 29.2 Å². The van der Waals surface area contributed by atoms with Gasteiger partial charge in [-0.3, -0.25) is 15.1 Å². The second-order valence-corrected chi connectivity index (χ2v) is 8.12. The van der Waals surface area contributed by atoms with Crippen LogP contribution in [0, 0.1) is 0 Å². The Labute approximate surface area is 175 Å². The number of hydrazine groups is 1. The number of hydrogen-bond acceptors (Lipinski definition) is 7. The third-order valence-corrected chi connectivity index (χ3v) is 5.78. The minimum Gasteiger partial charge on any atom is -0.339 e. The molecule has 0 bridgehead atoms. The van der Waals surface area contributed by atoms with Crippen LogP contribution in [0.25, 0.3) is 11.4 Å². The molecule has 156 valence electrons. The quantitative estimate of drug-likeness (QED) is 0.742. The summed E-state index contributed by atoms with van der Waals surface area (Å²) in [5.41, 5.74) is 7.28. The van der Waals surface area contributed by atoms with Gasteiger partial charge < -0.3 is 9.42 Å². The Morgan fingerprint density at radius 3 is 2.69 bits per heavy atom. The number of nitrogens with zero attached hydrogens (tertiary/aromatic N) is 4. The van der Waals surface area contributed by atoms with Gasteiger partial charge >= 0.3 is 0 Å². The molecule has 0 aliphatic carbocycles. The van der Waals surface area contributed by atoms with Gasteiger partial charge in [0, 0.05) is 42.8 Å². The first-order valence-corrected chi connectivity index (χ1v) is 10.6. The number of amides is 1. The molecule has 2 saturated heterocycles. The highest BCUT2D eigenvalue weighted by atomic mass is 35.5. The molecule has 2 aliphatic rings. The molecule has 9 heteroatoms. The number of piperazine rings is 1. The van der Waals surface area contributed by atoms with Crippen molar-refractivity contribution in [2.45, 2.75) is 44.8 Å². The summed E-state index contributed by atoms with van der Waals surface area (Å²) in [6.07, 6.45) is 3.07. The van der Waals surface area contributed by atoms with Crippen LogP contribution in [0.15, 0.2) is 28.8 Å². The number of nitrogens with one attached hydrogen (secondary N) is 2. The van der Waals surface area contributed by atoms with Crippen molar-refractivity contribution in [3.05, 3.63) is 35.2 Å². The average Bonchev–Trinajstić information content (AvgIpc) is 3.39. The molecule has 2 aliphatic heterocycles. The molecule has 0 spiro atoms. The predicted octanol–water partition coefficient (Wildman–Crippen LogP) is 2.07. The molecule has 8 nitrogen and oxygen atoms in total. The Kier molecular flexibility index (Phi) is 6.44. The summed E-state index contributed by atoms with van der Waals surface area (Å²) >= 11 is 5.92. The molecule has 2 fully saturated rings. The van der Waals surface area contributed by atoms with Gasteiger partial charge in [-0.1, -0.05) is 30.1 Å². The van der Waals surface area contributed by atoms with E-state index in [1.165, 1.54) is 0 Å². The molecule has 1 aromatic carbocycles. The van der Waals surface area contributed by atoms with Crippen molar-refractivity contribution in [1.82, 2.24) is 30.8 Å². The van der Waals surface area contributed by atoms with E-state index in [-0.39, 0.29) is 11.9 Å². The molecule has 29 heavy (non-hydrogen) atoms. The van der Waals surface area contributed by atoms with E-state index in [4.69, 9.17) is 16.1 Å². The molecule has 2 aromatic rings. The van der Waals surface area contributed by atoms with Crippen molar-refractivity contribution in [3.8, 4) is 11.4 Å². The molecule has 0 radical (unpaired) electrons. The largest absolute Gasteiger partial charge is 0.339 e. The summed E-state index contributed by atoms with van der Waals surface area (Å²) in [5.74, 6) is 1.34. The van der Waals surface area contributed by atoms with E-state index in [9.17, 15) is 4.79 Å². The van der Waals surface area contributed by atoms with Crippen LogP contribution in [-0.2, 0) is 11.3 Å². The Balaban J connectivity index is 1.26. The van der Waals surface area contributed by atoms with Gasteiger partial charge in [0.15, 0.2) is 0 Å². The van der Waals surface area contributed by atoms with Crippen molar-refractivity contribution < 1.29 is 9.32 Å². The standard InChI is InChI=1S/C20H27ClN6O2/c1-2-3-16-12-17(24-23-16)20(28)27-10-8-26(9-11-27)13-18-22-19(25-29-18)14-4-6-15(21)7-5-14/h4-7,16-17,23-24H,2-3,8-13H2,1H3. The summed E-state index contributed by atoms with van der Waals surface area (Å²) in [6.45, 7) is 5.77. The van der Waals surface area contributed by atoms with Gasteiger partial charge in [0.25, 0.3) is 0 Å². The molecule has 0 saturated carbocycles. The summed E-state index contributed by atoms with van der Waals surface area (Å²) in [5, 5.41) is 4.74. The van der Waals surface area contributed by atoms with Gasteiger partial charge in [0.1, 0.15) is 6.04 Å². The van der Waals surface area contributed by atoms with E-state index in [0.29, 0.717) is 42.4 Å². The lowest BCUT2D eigenvalue weighted by molar-refractivity contribution is -0.135. The number of rotatable bonds is 6. The fourth-order valence-electron chi connectivity index (χ4n) is 3.90. The third-order valence-electron chi connectivity index (χ3n) is 5.53. The van der Waals surface area contributed by atoms with E-state index < -0.39 is 0 Å². The van der Waals surface area contributed by atoms with E-state index >= 15 is 0 Å². The van der Waals surface area contributed by atoms with Crippen molar-refractivity contribution in [1.29, 1.82) is 0 Å². The SMILES string of the molecule is CCCC1CC(C(=O)N2CCN(Cc3nc(-c4ccc(Cl)cc4)no3)CC2)NN1. The fraction of sp³-hybridized carbons (Fsp3) is 0.550. The molecule has 2 N–H and O–H groups in total. The highest BCUT2D eigenvalue weighted by Gasteiger charge is 2.33. The molecule has 2 atom stereocenters. The van der Waals surface area contributed by atoms with Crippen LogP contribution in [0.1, 0.15) is 32.1 Å². The van der Waals surface area contributed by atoms with Gasteiger partial charge in [-0.05, 0) is 37.1 Å². The van der Waals surface area contributed by atoms with Crippen LogP contribution in [0.4, 0.5) is 0 Å². The second kappa shape index (κ2) is 9.21. The molecule has 1 aromatic heterocycles. The lowest BCUT2D eigenvalue weighted by Gasteiger charge is -2.35. The zero-order chi connectivity index (χ0) is 20.2. The van der Waals surface area contributed by atoms with Crippen LogP contribution < -0.4 is 10.9 Å². The molecule has 1 amide bonds. The molecule has 2 unspecified atom stereocenters. The smallest absolute Gasteiger partial charge is 0.241 e. The summed E-state index contributed by atoms with van der Waals surface area (Å²) in [6, 6.07) is 7.64. The van der Waals surface area contributed by atoms with Gasteiger partial charge in [-0.25, -0.2) is 5.43 Å². The maximum Gasteiger partial charge on any atom is 0.241 e. The van der Waals surface area contributed by atoms with Crippen LogP contribution in [-0.4, -0.2) is 64.1 Å². The van der Waals surface area contributed by atoms with Crippen molar-refractivity contribution in [2.24, 2.45) is 0 Å². The first kappa shape index (κ1) is 20.3. The number of carbonyl (C=O) groups excluding carboxylic acids is 1. The minimum atomic E-state index is -0.115. The van der Waals surface area contributed by atoms with Crippen LogP contribution in [0.3, 0.4) is 0 Å². The highest BCUT2D eigenvalue weighted by molar-refractivity contribution is 6.30. The van der Waals surface area contributed by atoms with E-state index in [2.05, 4.69) is 32.8 Å². The molecule has 3 heterocycles. The van der Waals surface area contributed by atoms with Crippen LogP contribution in [0.5, 0.6) is 0 Å². The summed E-state index contributed by atoms with van der Waals surface area (Å²) < 4.78 is 5.41. The topological polar surface area (TPSA) is 86.5 Å². The van der Waals surface area contributed by atoms with Crippen LogP contribution >= 0.6 is 11.6 Å². The predicted molar refractivity (Wildman–Crippen MR) is 110 cm³/mol. The Morgan fingerprint density at radius 2 is 1.97 bits per heavy atom. The fourth-order valence-corrected chi connectivity index (χ4v) is 4.02. The lowest BCUT2D eigenvalue weighted by atomic mass is 10.1.